The molecule has 9 amide bonds. The molecular weight excluding hydrogens is 1110 g/mol. The molecule has 444 valence electrons. The van der Waals surface area contributed by atoms with Crippen LogP contribution in [0.3, 0.4) is 0 Å². The van der Waals surface area contributed by atoms with Crippen molar-refractivity contribution in [3.63, 3.8) is 0 Å². The topological polar surface area (TPSA) is 486 Å². The summed E-state index contributed by atoms with van der Waals surface area (Å²) in [6.45, 7) is 1.35. The summed E-state index contributed by atoms with van der Waals surface area (Å²) in [5.74, 6) is -13.4. The summed E-state index contributed by atoms with van der Waals surface area (Å²) in [4.78, 5) is 166. The van der Waals surface area contributed by atoms with E-state index < -0.39 is 182 Å². The minimum absolute atomic E-state index is 0.0535. The number of aromatic amines is 1. The van der Waals surface area contributed by atoms with E-state index >= 15 is 0 Å². The van der Waals surface area contributed by atoms with Gasteiger partial charge in [0.2, 0.25) is 47.3 Å². The highest BCUT2D eigenvalue weighted by atomic mass is 32.1. The first-order valence-electron chi connectivity index (χ1n) is 24.3. The number of H-pyrrole nitrogens is 1. The molecule has 0 saturated carbocycles. The molecule has 0 saturated heterocycles. The predicted octanol–water partition coefficient (Wildman–Crippen LogP) is -4.64. The molecule has 8 atom stereocenters. The van der Waals surface area contributed by atoms with Crippen molar-refractivity contribution in [3.05, 3.63) is 52.1 Å². The van der Waals surface area contributed by atoms with E-state index in [9.17, 15) is 86.0 Å². The van der Waals surface area contributed by atoms with Crippen molar-refractivity contribution >= 4 is 101 Å². The Hall–Kier alpha value is -8.57. The van der Waals surface area contributed by atoms with Gasteiger partial charge in [0.05, 0.1) is 43.8 Å². The van der Waals surface area contributed by atoms with Gasteiger partial charge in [-0.1, -0.05) is 0 Å². The van der Waals surface area contributed by atoms with E-state index in [0.29, 0.717) is 0 Å². The van der Waals surface area contributed by atoms with Gasteiger partial charge in [0, 0.05) is 42.8 Å². The molecule has 31 nitrogen and oxygen atoms in total. The first-order valence-corrected chi connectivity index (χ1v) is 25.0. The van der Waals surface area contributed by atoms with Gasteiger partial charge in [0.25, 0.3) is 11.5 Å². The number of nitrogens with one attached hydrogen (secondary N) is 9. The van der Waals surface area contributed by atoms with Crippen molar-refractivity contribution in [1.29, 1.82) is 0 Å². The number of anilines is 2. The molecule has 0 bridgehead atoms. The summed E-state index contributed by atoms with van der Waals surface area (Å²) in [6.07, 6.45) is -9.34. The number of aliphatic hydroxyl groups excluding tert-OH is 3. The molecule has 0 spiro atoms. The number of hydrogen-bond donors (Lipinski definition) is 16. The molecule has 0 fully saturated rings. The van der Waals surface area contributed by atoms with Crippen LogP contribution in [0.2, 0.25) is 0 Å². The summed E-state index contributed by atoms with van der Waals surface area (Å²) in [5, 5.41) is 65.8. The van der Waals surface area contributed by atoms with E-state index in [1.807, 2.05) is 0 Å². The van der Waals surface area contributed by atoms with Crippen LogP contribution in [0.5, 0.6) is 0 Å². The second-order valence-corrected chi connectivity index (χ2v) is 18.3. The Morgan fingerprint density at radius 3 is 1.83 bits per heavy atom. The van der Waals surface area contributed by atoms with Crippen LogP contribution in [0.1, 0.15) is 75.3 Å². The van der Waals surface area contributed by atoms with Crippen molar-refractivity contribution in [1.82, 2.24) is 62.5 Å². The fourth-order valence-corrected chi connectivity index (χ4v) is 7.18. The lowest BCUT2D eigenvalue weighted by atomic mass is 10.1. The predicted molar refractivity (Wildman–Crippen MR) is 276 cm³/mol. The first-order chi connectivity index (χ1) is 37.9. The molecule has 0 aliphatic carbocycles. The van der Waals surface area contributed by atoms with E-state index in [-0.39, 0.29) is 52.9 Å². The number of amides is 9. The summed E-state index contributed by atoms with van der Waals surface area (Å²) < 4.78 is 41.3. The Morgan fingerprint density at radius 1 is 0.704 bits per heavy atom. The number of aromatic nitrogens is 4. The van der Waals surface area contributed by atoms with Crippen LogP contribution in [-0.4, -0.2) is 191 Å². The fraction of sp³-hybridized carbons (Fsp3) is 0.500. The minimum atomic E-state index is -5.43. The molecule has 0 radical (unpaired) electrons. The monoisotopic (exact) mass is 1170 g/mol. The minimum Gasteiger partial charge on any atom is -0.480 e. The van der Waals surface area contributed by atoms with Gasteiger partial charge in [-0.15, -0.1) is 0 Å². The highest BCUT2D eigenvalue weighted by molar-refractivity contribution is 7.80. The third-order valence-corrected chi connectivity index (χ3v) is 11.7. The van der Waals surface area contributed by atoms with E-state index in [2.05, 4.69) is 75.1 Å². The van der Waals surface area contributed by atoms with Crippen LogP contribution in [-0.2, 0) is 54.5 Å². The van der Waals surface area contributed by atoms with E-state index in [4.69, 9.17) is 15.9 Å². The highest BCUT2D eigenvalue weighted by Gasteiger charge is 2.43. The van der Waals surface area contributed by atoms with Crippen LogP contribution in [0.15, 0.2) is 35.3 Å². The second kappa shape index (κ2) is 31.3. The molecule has 16 N–H and O–H groups in total. The number of aliphatic carboxylic acids is 2. The maximum atomic E-state index is 13.8. The Morgan fingerprint density at radius 2 is 1.26 bits per heavy atom. The molecule has 0 aliphatic heterocycles. The lowest BCUT2D eigenvalue weighted by Gasteiger charge is -2.24. The number of halogens is 3. The molecule has 3 rings (SSSR count). The van der Waals surface area contributed by atoms with Crippen molar-refractivity contribution in [2.45, 2.75) is 120 Å². The number of alkyl halides is 3. The fourth-order valence-electron chi connectivity index (χ4n) is 6.93. The zero-order valence-corrected chi connectivity index (χ0v) is 44.3. The zero-order valence-electron chi connectivity index (χ0n) is 43.4. The number of carboxylic acids is 2. The Bertz CT molecular complexity index is 2850. The summed E-state index contributed by atoms with van der Waals surface area (Å²) in [6, 6.07) is -5.09. The number of rotatable bonds is 31. The Kier molecular flexibility index (Phi) is 25.8. The molecule has 3 aromatic rings. The number of hydrogen-bond acceptors (Lipinski definition) is 20. The van der Waals surface area contributed by atoms with Gasteiger partial charge >= 0.3 is 24.0 Å². The van der Waals surface area contributed by atoms with Gasteiger partial charge in [-0.25, -0.2) is 19.6 Å². The van der Waals surface area contributed by atoms with Crippen LogP contribution in [0.4, 0.5) is 24.8 Å². The number of thiol groups is 1. The smallest absolute Gasteiger partial charge is 0.471 e. The molecule has 8 unspecified atom stereocenters. The molecule has 35 heteroatoms. The van der Waals surface area contributed by atoms with Gasteiger partial charge < -0.3 is 73.8 Å². The highest BCUT2D eigenvalue weighted by Crippen LogP contribution is 2.26. The van der Waals surface area contributed by atoms with Crippen molar-refractivity contribution in [2.24, 2.45) is 0 Å². The molecular formula is C46H61F3N14O17S. The quantitative estimate of drug-likeness (QED) is 0.0269. The zero-order chi connectivity index (χ0) is 60.9. The number of carbonyl (C=O) groups is 11. The number of carbonyl (C=O) groups excluding carboxylic acids is 9. The molecule has 1 aromatic carbocycles. The van der Waals surface area contributed by atoms with E-state index in [1.165, 1.54) is 20.8 Å². The van der Waals surface area contributed by atoms with E-state index in [1.54, 1.807) is 0 Å². The molecule has 81 heavy (non-hydrogen) atoms. The number of nitrogen functional groups attached to an aromatic ring is 1. The normalized spacial score (nSPS) is 14.2. The largest absolute Gasteiger partial charge is 0.480 e. The maximum Gasteiger partial charge on any atom is 0.471 e. The number of aliphatic hydroxyl groups is 3. The molecule has 2 aromatic heterocycles. The average molecular weight is 1170 g/mol. The summed E-state index contributed by atoms with van der Waals surface area (Å²) in [7, 11) is 0. The molecule has 2 heterocycles. The average Bonchev–Trinajstić information content (AvgIpc) is 3.47. The van der Waals surface area contributed by atoms with Gasteiger partial charge in [0.15, 0.2) is 11.2 Å². The summed E-state index contributed by atoms with van der Waals surface area (Å²) in [5.41, 5.74) is 2.94. The lowest BCUT2D eigenvalue weighted by molar-refractivity contribution is -0.170. The van der Waals surface area contributed by atoms with Crippen molar-refractivity contribution in [2.75, 3.05) is 36.1 Å². The number of carboxylic acid groups (broad SMARTS) is 2. The van der Waals surface area contributed by atoms with Crippen molar-refractivity contribution in [3.8, 4) is 0 Å². The standard InChI is InChI=1S/C46H61F3N14O17S/c1-20(36(70)53-16-33(69)59-30(19-81)43(78)79)54-37(71)21(2)55-38(72)22(3)56-40(74)28(8-10-31(67)51-13-12-26(65)14-27(66)18-64)58-32(68)11-9-29(42(76)77)60-39(73)23-4-6-25(7-5-23)63(44(80)46(47,48)49)17-24-15-52-35-34(57-24)41(75)62-45(50)61-35/h4-7,15,20-22,26-30,64-66,81H,8-14,16-19H2,1-3H3,(H,51,67)(H,53,70)(H,54,71)(H,55,72)(H,56,74)(H,58,68)(H,59,69)(H,60,73)(H,76,77)(H,78,79)(H3,50,52,61,62,75). The third-order valence-electron chi connectivity index (χ3n) is 11.4. The maximum absolute atomic E-state index is 13.8. The number of fused-ring (bicyclic) bond motifs is 1. The van der Waals surface area contributed by atoms with Gasteiger partial charge in [-0.3, -0.25) is 57.8 Å². The first kappa shape index (κ1) is 66.7. The van der Waals surface area contributed by atoms with Crippen LogP contribution in [0, 0.1) is 0 Å². The molecule has 0 aliphatic rings. The Labute approximate surface area is 462 Å². The van der Waals surface area contributed by atoms with Crippen LogP contribution in [0.25, 0.3) is 11.2 Å². The third kappa shape index (κ3) is 21.9. The second-order valence-electron chi connectivity index (χ2n) is 17.9. The lowest BCUT2D eigenvalue weighted by Crippen LogP contribution is -2.57. The SMILES string of the molecule is CC(NC(=O)C(C)NC(=O)C(C)NC(=O)C(CCC(=O)NCCC(O)CC(O)CO)NC(=O)CCC(NC(=O)c1ccc(N(Cc2cnc3nc(N)[nH]c(=O)c3n2)C(=O)C(F)(F)F)cc1)C(=O)O)C(=O)NCC(=O)NC(CS)C(=O)O. The number of nitrogens with zero attached hydrogens (tertiary/aromatic N) is 4. The van der Waals surface area contributed by atoms with Crippen LogP contribution >= 0.6 is 12.6 Å². The number of benzene rings is 1. The van der Waals surface area contributed by atoms with E-state index in [0.717, 1.165) is 30.5 Å². The van der Waals surface area contributed by atoms with Crippen LogP contribution < -0.4 is 58.7 Å². The van der Waals surface area contributed by atoms with Gasteiger partial charge in [-0.05, 0) is 64.3 Å². The Balaban J connectivity index is 1.69. The van der Waals surface area contributed by atoms with Crippen molar-refractivity contribution < 1.29 is 91.4 Å². The number of nitrogens with two attached hydrogens (primary N) is 1. The van der Waals surface area contributed by atoms with Gasteiger partial charge in [-0.2, -0.15) is 30.8 Å². The van der Waals surface area contributed by atoms with Gasteiger partial charge in [0.1, 0.15) is 36.3 Å². The summed E-state index contributed by atoms with van der Waals surface area (Å²) >= 11 is 3.82.